The summed E-state index contributed by atoms with van der Waals surface area (Å²) in [5.74, 6) is 1.11. The summed E-state index contributed by atoms with van der Waals surface area (Å²) in [7, 11) is 1.68. The fraction of sp³-hybridized carbons (Fsp3) is 0.562. The van der Waals surface area contributed by atoms with E-state index in [9.17, 15) is 4.79 Å². The number of nitrogens with zero attached hydrogens (tertiary/aromatic N) is 1. The van der Waals surface area contributed by atoms with Gasteiger partial charge in [-0.15, -0.1) is 0 Å². The Morgan fingerprint density at radius 3 is 2.80 bits per heavy atom. The predicted molar refractivity (Wildman–Crippen MR) is 79.6 cm³/mol. The zero-order valence-corrected chi connectivity index (χ0v) is 12.6. The van der Waals surface area contributed by atoms with Gasteiger partial charge in [-0.3, -0.25) is 4.79 Å². The van der Waals surface area contributed by atoms with E-state index in [0.717, 1.165) is 30.8 Å². The molecular formula is C16H24N2O2. The molecule has 1 fully saturated rings. The van der Waals surface area contributed by atoms with Gasteiger partial charge in [-0.2, -0.15) is 0 Å². The minimum Gasteiger partial charge on any atom is -0.496 e. The Morgan fingerprint density at radius 2 is 2.20 bits per heavy atom. The van der Waals surface area contributed by atoms with Crippen molar-refractivity contribution in [3.05, 3.63) is 29.3 Å². The van der Waals surface area contributed by atoms with E-state index in [1.54, 1.807) is 7.11 Å². The van der Waals surface area contributed by atoms with Crippen molar-refractivity contribution in [2.24, 2.45) is 0 Å². The first kappa shape index (κ1) is 14.9. The number of nitrogens with one attached hydrogen (secondary N) is 1. The lowest BCUT2D eigenvalue weighted by molar-refractivity contribution is -0.128. The highest BCUT2D eigenvalue weighted by Crippen LogP contribution is 2.24. The Balaban J connectivity index is 2.11. The topological polar surface area (TPSA) is 41.6 Å². The minimum absolute atomic E-state index is 0.248. The number of ether oxygens (including phenoxy) is 1. The maximum atomic E-state index is 11.8. The van der Waals surface area contributed by atoms with E-state index >= 15 is 0 Å². The van der Waals surface area contributed by atoms with Gasteiger partial charge < -0.3 is 15.0 Å². The monoisotopic (exact) mass is 276 g/mol. The lowest BCUT2D eigenvalue weighted by Gasteiger charge is -2.18. The third kappa shape index (κ3) is 3.73. The number of benzene rings is 1. The Labute approximate surface area is 121 Å². The first-order chi connectivity index (χ1) is 9.60. The smallest absolute Gasteiger partial charge is 0.222 e. The highest BCUT2D eigenvalue weighted by Gasteiger charge is 2.21. The second-order valence-electron chi connectivity index (χ2n) is 5.60. The van der Waals surface area contributed by atoms with Crippen LogP contribution in [0.15, 0.2) is 18.2 Å². The van der Waals surface area contributed by atoms with Crippen molar-refractivity contribution in [1.82, 2.24) is 10.2 Å². The van der Waals surface area contributed by atoms with E-state index in [4.69, 9.17) is 4.74 Å². The molecule has 1 aromatic rings. The molecule has 4 nitrogen and oxygen atoms in total. The van der Waals surface area contributed by atoms with Crippen LogP contribution in [0.25, 0.3) is 0 Å². The molecule has 0 spiro atoms. The van der Waals surface area contributed by atoms with E-state index in [2.05, 4.69) is 31.3 Å². The highest BCUT2D eigenvalue weighted by molar-refractivity contribution is 5.78. The van der Waals surface area contributed by atoms with Crippen LogP contribution in [0.2, 0.25) is 0 Å². The zero-order chi connectivity index (χ0) is 14.5. The molecule has 0 aromatic heterocycles. The summed E-state index contributed by atoms with van der Waals surface area (Å²) in [6.45, 7) is 6.61. The SMILES string of the molecule is COc1ccc(CNC(C)C)cc1CN1CCCC1=O. The van der Waals surface area contributed by atoms with Gasteiger partial charge in [-0.25, -0.2) is 0 Å². The maximum Gasteiger partial charge on any atom is 0.222 e. The quantitative estimate of drug-likeness (QED) is 0.867. The Morgan fingerprint density at radius 1 is 1.40 bits per heavy atom. The number of hydrogen-bond donors (Lipinski definition) is 1. The van der Waals surface area contributed by atoms with Gasteiger partial charge in [0, 0.05) is 37.7 Å². The molecule has 0 atom stereocenters. The van der Waals surface area contributed by atoms with Gasteiger partial charge in [-0.1, -0.05) is 19.9 Å². The molecule has 110 valence electrons. The van der Waals surface area contributed by atoms with Crippen LogP contribution >= 0.6 is 0 Å². The molecule has 0 aliphatic carbocycles. The van der Waals surface area contributed by atoms with Gasteiger partial charge in [-0.05, 0) is 24.1 Å². The van der Waals surface area contributed by atoms with Gasteiger partial charge >= 0.3 is 0 Å². The van der Waals surface area contributed by atoms with E-state index in [1.807, 2.05) is 11.0 Å². The van der Waals surface area contributed by atoms with Crippen molar-refractivity contribution in [2.75, 3.05) is 13.7 Å². The molecule has 4 heteroatoms. The highest BCUT2D eigenvalue weighted by atomic mass is 16.5. The first-order valence-corrected chi connectivity index (χ1v) is 7.27. The Hall–Kier alpha value is -1.55. The van der Waals surface area contributed by atoms with Crippen molar-refractivity contribution in [1.29, 1.82) is 0 Å². The standard InChI is InChI=1S/C16H24N2O2/c1-12(2)17-10-13-6-7-15(20-3)14(9-13)11-18-8-4-5-16(18)19/h6-7,9,12,17H,4-5,8,10-11H2,1-3H3. The number of carbonyl (C=O) groups is 1. The molecule has 1 N–H and O–H groups in total. The van der Waals surface area contributed by atoms with Crippen LogP contribution in [0.1, 0.15) is 37.8 Å². The molecule has 1 aliphatic heterocycles. The summed E-state index contributed by atoms with van der Waals surface area (Å²) in [4.78, 5) is 13.7. The molecule has 2 rings (SSSR count). The third-order valence-electron chi connectivity index (χ3n) is 3.59. The van der Waals surface area contributed by atoms with Crippen LogP contribution in [-0.4, -0.2) is 30.5 Å². The molecule has 0 saturated carbocycles. The second-order valence-corrected chi connectivity index (χ2v) is 5.60. The van der Waals surface area contributed by atoms with Crippen LogP contribution in [0, 0.1) is 0 Å². The van der Waals surface area contributed by atoms with Crippen LogP contribution in [0.4, 0.5) is 0 Å². The fourth-order valence-corrected chi connectivity index (χ4v) is 2.46. The van der Waals surface area contributed by atoms with E-state index in [-0.39, 0.29) is 5.91 Å². The molecule has 1 saturated heterocycles. The summed E-state index contributed by atoms with van der Waals surface area (Å²) in [6, 6.07) is 6.66. The van der Waals surface area contributed by atoms with Crippen LogP contribution in [-0.2, 0) is 17.9 Å². The molecule has 1 heterocycles. The summed E-state index contributed by atoms with van der Waals surface area (Å²) in [6.07, 6.45) is 1.65. The molecule has 1 aromatic carbocycles. The molecule has 1 aliphatic rings. The summed E-state index contributed by atoms with van der Waals surface area (Å²) < 4.78 is 5.41. The van der Waals surface area contributed by atoms with E-state index in [0.29, 0.717) is 19.0 Å². The average Bonchev–Trinajstić information content (AvgIpc) is 2.82. The molecule has 0 radical (unpaired) electrons. The van der Waals surface area contributed by atoms with Crippen molar-refractivity contribution in [3.8, 4) is 5.75 Å². The summed E-state index contributed by atoms with van der Waals surface area (Å²) >= 11 is 0. The Bertz CT molecular complexity index is 472. The Kier molecular flexibility index (Phi) is 5.01. The number of hydrogen-bond acceptors (Lipinski definition) is 3. The largest absolute Gasteiger partial charge is 0.496 e. The number of carbonyl (C=O) groups excluding carboxylic acids is 1. The minimum atomic E-state index is 0.248. The van der Waals surface area contributed by atoms with Crippen LogP contribution in [0.3, 0.4) is 0 Å². The van der Waals surface area contributed by atoms with Crippen molar-refractivity contribution >= 4 is 5.91 Å². The van der Waals surface area contributed by atoms with Crippen molar-refractivity contribution in [3.63, 3.8) is 0 Å². The van der Waals surface area contributed by atoms with Crippen molar-refractivity contribution < 1.29 is 9.53 Å². The molecule has 0 bridgehead atoms. The van der Waals surface area contributed by atoms with E-state index in [1.165, 1.54) is 5.56 Å². The van der Waals surface area contributed by atoms with Gasteiger partial charge in [0.2, 0.25) is 5.91 Å². The first-order valence-electron chi connectivity index (χ1n) is 7.27. The summed E-state index contributed by atoms with van der Waals surface area (Å²) in [5.41, 5.74) is 2.31. The number of amides is 1. The van der Waals surface area contributed by atoms with Crippen LogP contribution < -0.4 is 10.1 Å². The van der Waals surface area contributed by atoms with E-state index < -0.39 is 0 Å². The molecular weight excluding hydrogens is 252 g/mol. The van der Waals surface area contributed by atoms with Gasteiger partial charge in [0.25, 0.3) is 0 Å². The summed E-state index contributed by atoms with van der Waals surface area (Å²) in [5, 5.41) is 3.41. The van der Waals surface area contributed by atoms with Gasteiger partial charge in [0.15, 0.2) is 0 Å². The van der Waals surface area contributed by atoms with Crippen LogP contribution in [0.5, 0.6) is 5.75 Å². The second kappa shape index (κ2) is 6.75. The van der Waals surface area contributed by atoms with Crippen molar-refractivity contribution in [2.45, 2.75) is 45.8 Å². The lowest BCUT2D eigenvalue weighted by Crippen LogP contribution is -2.25. The number of rotatable bonds is 6. The lowest BCUT2D eigenvalue weighted by atomic mass is 10.1. The van der Waals surface area contributed by atoms with Gasteiger partial charge in [0.05, 0.1) is 7.11 Å². The molecule has 0 unspecified atom stereocenters. The number of likely N-dealkylation sites (tertiary alicyclic amines) is 1. The predicted octanol–water partition coefficient (Wildman–Crippen LogP) is 2.32. The third-order valence-corrected chi connectivity index (χ3v) is 3.59. The fourth-order valence-electron chi connectivity index (χ4n) is 2.46. The molecule has 1 amide bonds. The van der Waals surface area contributed by atoms with Gasteiger partial charge in [0.1, 0.15) is 5.75 Å². The average molecular weight is 276 g/mol. The normalized spacial score (nSPS) is 15.2. The number of methoxy groups -OCH3 is 1. The maximum absolute atomic E-state index is 11.8. The molecule has 20 heavy (non-hydrogen) atoms. The zero-order valence-electron chi connectivity index (χ0n) is 12.6.